The number of alkyl halides is 10. The number of benzene rings is 1. The van der Waals surface area contributed by atoms with Gasteiger partial charge >= 0.3 is 24.1 Å². The van der Waals surface area contributed by atoms with Crippen molar-refractivity contribution in [3.05, 3.63) is 29.3 Å². The van der Waals surface area contributed by atoms with E-state index < -0.39 is 37.2 Å². The van der Waals surface area contributed by atoms with Gasteiger partial charge in [-0.15, -0.1) is 0 Å². The van der Waals surface area contributed by atoms with Gasteiger partial charge in [-0.25, -0.2) is 0 Å². The molecule has 44 heavy (non-hydrogen) atoms. The first-order chi connectivity index (χ1) is 20.6. The maximum atomic E-state index is 13.1. The lowest BCUT2D eigenvalue weighted by Crippen LogP contribution is -2.67. The maximum Gasteiger partial charge on any atom is 0.435 e. The number of hydrogen-bond donors (Lipinski definition) is 0. The minimum absolute atomic E-state index is 0.240. The highest BCUT2D eigenvalue weighted by atomic mass is 127. The summed E-state index contributed by atoms with van der Waals surface area (Å²) in [5.74, 6) is 1.95. The Hall–Kier alpha value is -1.00. The summed E-state index contributed by atoms with van der Waals surface area (Å²) in [5, 5.41) is 0. The fourth-order valence-electron chi connectivity index (χ4n) is 7.62. The lowest BCUT2D eigenvalue weighted by molar-refractivity contribution is -0.457. The molecule has 5 atom stereocenters. The molecule has 0 spiro atoms. The van der Waals surface area contributed by atoms with Gasteiger partial charge in [0.1, 0.15) is 5.75 Å². The van der Waals surface area contributed by atoms with Crippen LogP contribution in [0.1, 0.15) is 68.9 Å². The highest BCUT2D eigenvalue weighted by Crippen LogP contribution is 2.62. The zero-order valence-electron chi connectivity index (χ0n) is 24.4. The largest absolute Gasteiger partial charge is 0.493 e. The van der Waals surface area contributed by atoms with Gasteiger partial charge in [-0.3, -0.25) is 0 Å². The third-order valence-electron chi connectivity index (χ3n) is 9.66. The molecular formula is C30H38F9IO4. The van der Waals surface area contributed by atoms with Crippen LogP contribution in [-0.2, 0) is 20.6 Å². The maximum absolute atomic E-state index is 13.1. The van der Waals surface area contributed by atoms with Crippen molar-refractivity contribution >= 4 is 22.6 Å². The Kier molecular flexibility index (Phi) is 11.4. The van der Waals surface area contributed by atoms with Crippen molar-refractivity contribution in [1.82, 2.24) is 0 Å². The molecule has 2 saturated carbocycles. The van der Waals surface area contributed by atoms with Crippen molar-refractivity contribution < 1.29 is 58.5 Å². The molecule has 4 rings (SSSR count). The molecular weight excluding hydrogens is 722 g/mol. The molecule has 0 amide bonds. The van der Waals surface area contributed by atoms with Gasteiger partial charge < -0.3 is 18.9 Å². The second-order valence-corrected chi connectivity index (χ2v) is 13.2. The quantitative estimate of drug-likeness (QED) is 0.0872. The minimum atomic E-state index is -6.73. The molecule has 3 aliphatic rings. The van der Waals surface area contributed by atoms with Crippen LogP contribution < -0.4 is 4.74 Å². The molecule has 0 aliphatic heterocycles. The normalized spacial score (nSPS) is 27.5. The van der Waals surface area contributed by atoms with Crippen LogP contribution in [0.2, 0.25) is 0 Å². The Balaban J connectivity index is 1.31. The second kappa shape index (κ2) is 14.0. The van der Waals surface area contributed by atoms with Crippen molar-refractivity contribution in [3.8, 4) is 5.75 Å². The molecule has 252 valence electrons. The van der Waals surface area contributed by atoms with Crippen LogP contribution in [-0.4, -0.2) is 67.7 Å². The Morgan fingerprint density at radius 2 is 1.50 bits per heavy atom. The summed E-state index contributed by atoms with van der Waals surface area (Å²) in [6.07, 6.45) is -15.0. The average Bonchev–Trinajstić information content (AvgIpc) is 3.26. The van der Waals surface area contributed by atoms with Crippen molar-refractivity contribution in [3.63, 3.8) is 0 Å². The van der Waals surface area contributed by atoms with Gasteiger partial charge in [0.25, 0.3) is 0 Å². The average molecular weight is 761 g/mol. The first-order valence-corrected chi connectivity index (χ1v) is 16.4. The predicted molar refractivity (Wildman–Crippen MR) is 152 cm³/mol. The topological polar surface area (TPSA) is 36.9 Å². The first kappa shape index (κ1) is 35.8. The summed E-state index contributed by atoms with van der Waals surface area (Å²) in [6.45, 7) is 2.36. The molecule has 3 aliphatic carbocycles. The van der Waals surface area contributed by atoms with E-state index in [9.17, 15) is 39.5 Å². The van der Waals surface area contributed by atoms with E-state index in [2.05, 4.69) is 46.4 Å². The highest BCUT2D eigenvalue weighted by molar-refractivity contribution is 14.1. The van der Waals surface area contributed by atoms with Gasteiger partial charge in [0.05, 0.1) is 25.9 Å². The number of aryl methyl sites for hydroxylation is 1. The molecule has 0 saturated heterocycles. The van der Waals surface area contributed by atoms with Gasteiger partial charge in [-0.1, -0.05) is 35.6 Å². The molecule has 2 fully saturated rings. The monoisotopic (exact) mass is 760 g/mol. The molecule has 0 N–H and O–H groups in total. The van der Waals surface area contributed by atoms with Crippen LogP contribution in [0.4, 0.5) is 39.5 Å². The van der Waals surface area contributed by atoms with Crippen LogP contribution in [0.3, 0.4) is 0 Å². The Bertz CT molecular complexity index is 1060. The summed E-state index contributed by atoms with van der Waals surface area (Å²) in [5.41, 5.74) is -3.88. The van der Waals surface area contributed by atoms with Crippen LogP contribution in [0.15, 0.2) is 18.2 Å². The fourth-order valence-corrected chi connectivity index (χ4v) is 7.93. The third kappa shape index (κ3) is 7.12. The number of halogens is 10. The molecule has 0 unspecified atom stereocenters. The summed E-state index contributed by atoms with van der Waals surface area (Å²) in [4.78, 5) is 0. The van der Waals surface area contributed by atoms with E-state index in [1.165, 1.54) is 11.1 Å². The van der Waals surface area contributed by atoms with Crippen molar-refractivity contribution in [2.45, 2.75) is 94.4 Å². The summed E-state index contributed by atoms with van der Waals surface area (Å²) in [6, 6.07) is 6.29. The van der Waals surface area contributed by atoms with Gasteiger partial charge in [0.2, 0.25) is 0 Å². The van der Waals surface area contributed by atoms with Gasteiger partial charge in [0, 0.05) is 24.1 Å². The summed E-state index contributed by atoms with van der Waals surface area (Å²) in [7, 11) is 0. The zero-order valence-corrected chi connectivity index (χ0v) is 26.5. The van der Waals surface area contributed by atoms with Crippen LogP contribution in [0.5, 0.6) is 5.75 Å². The van der Waals surface area contributed by atoms with Crippen molar-refractivity contribution in [1.29, 1.82) is 0 Å². The van der Waals surface area contributed by atoms with E-state index in [-0.39, 0.29) is 18.1 Å². The second-order valence-electron chi connectivity index (χ2n) is 12.1. The summed E-state index contributed by atoms with van der Waals surface area (Å²) >= 11 is 2.26. The molecule has 0 aromatic heterocycles. The van der Waals surface area contributed by atoms with Crippen molar-refractivity contribution in [2.75, 3.05) is 37.5 Å². The number of fused-ring (bicyclic) bond motifs is 5. The zero-order chi connectivity index (χ0) is 32.4. The van der Waals surface area contributed by atoms with E-state index in [0.29, 0.717) is 37.4 Å². The van der Waals surface area contributed by atoms with Crippen LogP contribution in [0.25, 0.3) is 0 Å². The molecule has 0 bridgehead atoms. The number of ether oxygens (including phenoxy) is 4. The number of hydrogen-bond acceptors (Lipinski definition) is 4. The molecule has 14 heteroatoms. The SMILES string of the molecule is C[C@]12CC[C@@H]3c4ccc(OCCCOCCI)cc4CC[C@H]3[C@@H]1CC[C@@H]2OCCCOC(C(F)(F)F)(C(F)(F)F)C(F)(F)F. The summed E-state index contributed by atoms with van der Waals surface area (Å²) < 4.78 is 140. The highest BCUT2D eigenvalue weighted by Gasteiger charge is 2.85. The van der Waals surface area contributed by atoms with E-state index in [4.69, 9.17) is 14.2 Å². The molecule has 4 nitrogen and oxygen atoms in total. The van der Waals surface area contributed by atoms with Crippen LogP contribution in [0, 0.1) is 17.3 Å². The number of rotatable bonds is 13. The van der Waals surface area contributed by atoms with E-state index in [0.717, 1.165) is 55.3 Å². The van der Waals surface area contributed by atoms with Gasteiger partial charge in [-0.2, -0.15) is 39.5 Å². The molecule has 0 radical (unpaired) electrons. The minimum Gasteiger partial charge on any atom is -0.493 e. The lowest BCUT2D eigenvalue weighted by Gasteiger charge is -2.50. The first-order valence-electron chi connectivity index (χ1n) is 14.9. The standard InChI is InChI=1S/C30H38F9IO4/c1-26-11-10-22-21-7-5-20(42-14-2-13-41-17-12-40)18-19(21)4-6-23(22)24(26)8-9-25(26)43-15-3-16-44-27(28(31,32)33,29(34,35)36)30(37,38)39/h5,7,18,22-25H,2-4,6,8-17H2,1H3/t22-,23-,24+,25+,26+/m1/s1. The van der Waals surface area contributed by atoms with Crippen molar-refractivity contribution in [2.24, 2.45) is 17.3 Å². The van der Waals surface area contributed by atoms with E-state index in [1.807, 2.05) is 6.07 Å². The fraction of sp³-hybridized carbons (Fsp3) is 0.800. The van der Waals surface area contributed by atoms with Gasteiger partial charge in [-0.05, 0) is 91.4 Å². The van der Waals surface area contributed by atoms with E-state index in [1.54, 1.807) is 0 Å². The van der Waals surface area contributed by atoms with Crippen LogP contribution >= 0.6 is 22.6 Å². The third-order valence-corrected chi connectivity index (χ3v) is 10.1. The van der Waals surface area contributed by atoms with E-state index >= 15 is 0 Å². The van der Waals surface area contributed by atoms with Gasteiger partial charge in [0.15, 0.2) is 0 Å². The smallest absolute Gasteiger partial charge is 0.435 e. The Morgan fingerprint density at radius 3 is 2.16 bits per heavy atom. The molecule has 1 aromatic carbocycles. The Labute approximate surface area is 264 Å². The molecule has 0 heterocycles. The Morgan fingerprint density at radius 1 is 0.818 bits per heavy atom. The molecule has 1 aromatic rings. The predicted octanol–water partition coefficient (Wildman–Crippen LogP) is 8.98. The lowest BCUT2D eigenvalue weighted by atomic mass is 9.55.